The highest BCUT2D eigenvalue weighted by Gasteiger charge is 2.43. The number of aromatic nitrogens is 1. The van der Waals surface area contributed by atoms with E-state index >= 15 is 0 Å². The molecule has 4 rings (SSSR count). The van der Waals surface area contributed by atoms with Gasteiger partial charge in [-0.1, -0.05) is 35.3 Å². The number of carbonyl (C=O) groups excluding carboxylic acids is 2. The van der Waals surface area contributed by atoms with Gasteiger partial charge >= 0.3 is 0 Å². The summed E-state index contributed by atoms with van der Waals surface area (Å²) < 4.78 is 5.13. The lowest BCUT2D eigenvalue weighted by Crippen LogP contribution is -2.45. The van der Waals surface area contributed by atoms with Gasteiger partial charge < -0.3 is 14.5 Å². The second-order valence-electron chi connectivity index (χ2n) is 8.80. The average Bonchev–Trinajstić information content (AvgIpc) is 3.21. The lowest BCUT2D eigenvalue weighted by molar-refractivity contribution is -0.132. The standard InChI is InChI=1S/C24H27Cl2N3O3/c1-16(17-3-5-19(25)6-4-17)22(30)29-12-9-24(15-29)7-10-28(11-8-24)23(31)18-13-20(26)27-21(14-18)32-2/h3-6,13-14,16H,7-12,15H2,1-2H3. The van der Waals surface area contributed by atoms with Crippen LogP contribution in [0, 0.1) is 5.41 Å². The smallest absolute Gasteiger partial charge is 0.254 e. The molecule has 0 saturated carbocycles. The molecule has 1 aromatic carbocycles. The Hall–Kier alpha value is -2.31. The van der Waals surface area contributed by atoms with Gasteiger partial charge in [-0.2, -0.15) is 0 Å². The number of benzene rings is 1. The molecular formula is C24H27Cl2N3O3. The van der Waals surface area contributed by atoms with Gasteiger partial charge in [0.2, 0.25) is 11.8 Å². The average molecular weight is 476 g/mol. The monoisotopic (exact) mass is 475 g/mol. The fourth-order valence-electron chi connectivity index (χ4n) is 4.77. The van der Waals surface area contributed by atoms with Crippen LogP contribution in [-0.4, -0.2) is 59.9 Å². The zero-order valence-corrected chi connectivity index (χ0v) is 19.8. The number of carbonyl (C=O) groups is 2. The van der Waals surface area contributed by atoms with Crippen molar-refractivity contribution in [2.45, 2.75) is 32.1 Å². The van der Waals surface area contributed by atoms with Gasteiger partial charge in [-0.3, -0.25) is 9.59 Å². The van der Waals surface area contributed by atoms with Crippen molar-refractivity contribution in [2.24, 2.45) is 5.41 Å². The van der Waals surface area contributed by atoms with Gasteiger partial charge in [0.15, 0.2) is 0 Å². The van der Waals surface area contributed by atoms with Crippen molar-refractivity contribution in [3.63, 3.8) is 0 Å². The van der Waals surface area contributed by atoms with Crippen LogP contribution in [0.1, 0.15) is 48.0 Å². The molecule has 0 radical (unpaired) electrons. The molecule has 3 heterocycles. The van der Waals surface area contributed by atoms with Gasteiger partial charge in [0.1, 0.15) is 5.15 Å². The third-order valence-corrected chi connectivity index (χ3v) is 7.27. The van der Waals surface area contributed by atoms with Gasteiger partial charge in [0.05, 0.1) is 13.0 Å². The van der Waals surface area contributed by atoms with E-state index in [1.54, 1.807) is 12.1 Å². The number of pyridine rings is 1. The molecular weight excluding hydrogens is 449 g/mol. The normalized spacial score (nSPS) is 18.6. The van der Waals surface area contributed by atoms with Crippen molar-refractivity contribution in [1.82, 2.24) is 14.8 Å². The number of hydrogen-bond acceptors (Lipinski definition) is 4. The molecule has 2 aliphatic heterocycles. The molecule has 8 heteroatoms. The Labute approximate surface area is 198 Å². The van der Waals surface area contributed by atoms with Crippen LogP contribution in [0.25, 0.3) is 0 Å². The van der Waals surface area contributed by atoms with E-state index in [0.29, 0.717) is 29.6 Å². The largest absolute Gasteiger partial charge is 0.481 e. The Morgan fingerprint density at radius 1 is 1.03 bits per heavy atom. The summed E-state index contributed by atoms with van der Waals surface area (Å²) in [4.78, 5) is 34.0. The quantitative estimate of drug-likeness (QED) is 0.603. The molecule has 0 aliphatic carbocycles. The predicted octanol–water partition coefficient (Wildman–Crippen LogP) is 4.66. The van der Waals surface area contributed by atoms with Crippen LogP contribution in [0.3, 0.4) is 0 Å². The highest BCUT2D eigenvalue weighted by molar-refractivity contribution is 6.30. The molecule has 6 nitrogen and oxygen atoms in total. The van der Waals surface area contributed by atoms with Crippen LogP contribution in [-0.2, 0) is 4.79 Å². The van der Waals surface area contributed by atoms with Crippen molar-refractivity contribution in [1.29, 1.82) is 0 Å². The summed E-state index contributed by atoms with van der Waals surface area (Å²) in [5, 5.41) is 0.906. The number of hydrogen-bond donors (Lipinski definition) is 0. The summed E-state index contributed by atoms with van der Waals surface area (Å²) in [6.07, 6.45) is 2.74. The second kappa shape index (κ2) is 9.28. The summed E-state index contributed by atoms with van der Waals surface area (Å²) in [7, 11) is 1.50. The maximum absolute atomic E-state index is 13.1. The van der Waals surface area contributed by atoms with Crippen LogP contribution in [0.2, 0.25) is 10.2 Å². The highest BCUT2D eigenvalue weighted by atomic mass is 35.5. The molecule has 2 aromatic rings. The van der Waals surface area contributed by atoms with E-state index in [1.807, 2.05) is 41.0 Å². The molecule has 2 saturated heterocycles. The first-order chi connectivity index (χ1) is 15.3. The van der Waals surface area contributed by atoms with Gasteiger partial charge in [-0.25, -0.2) is 4.98 Å². The van der Waals surface area contributed by atoms with E-state index in [2.05, 4.69) is 4.98 Å². The van der Waals surface area contributed by atoms with Gasteiger partial charge in [0.25, 0.3) is 5.91 Å². The maximum Gasteiger partial charge on any atom is 0.254 e. The molecule has 1 unspecified atom stereocenters. The Balaban J connectivity index is 1.37. The molecule has 32 heavy (non-hydrogen) atoms. The summed E-state index contributed by atoms with van der Waals surface area (Å²) in [5.41, 5.74) is 1.55. The second-order valence-corrected chi connectivity index (χ2v) is 9.62. The Kier molecular flexibility index (Phi) is 6.63. The number of rotatable bonds is 4. The molecule has 1 aromatic heterocycles. The van der Waals surface area contributed by atoms with E-state index in [0.717, 1.165) is 37.9 Å². The van der Waals surface area contributed by atoms with Crippen LogP contribution in [0.15, 0.2) is 36.4 Å². The first-order valence-electron chi connectivity index (χ1n) is 10.9. The SMILES string of the molecule is COc1cc(C(=O)N2CCC3(CC2)CCN(C(=O)C(C)c2ccc(Cl)cc2)C3)cc(Cl)n1. The highest BCUT2D eigenvalue weighted by Crippen LogP contribution is 2.41. The zero-order valence-electron chi connectivity index (χ0n) is 18.3. The lowest BCUT2D eigenvalue weighted by Gasteiger charge is -2.39. The van der Waals surface area contributed by atoms with Crippen molar-refractivity contribution in [3.05, 3.63) is 57.7 Å². The van der Waals surface area contributed by atoms with E-state index < -0.39 is 0 Å². The Bertz CT molecular complexity index is 1000. The van der Waals surface area contributed by atoms with Crippen molar-refractivity contribution in [3.8, 4) is 5.88 Å². The van der Waals surface area contributed by atoms with Gasteiger partial charge in [-0.15, -0.1) is 0 Å². The minimum absolute atomic E-state index is 0.0651. The third kappa shape index (κ3) is 4.71. The number of nitrogens with zero attached hydrogens (tertiary/aromatic N) is 3. The summed E-state index contributed by atoms with van der Waals surface area (Å²) in [5.74, 6) is 0.218. The van der Waals surface area contributed by atoms with Gasteiger partial charge in [0, 0.05) is 42.8 Å². The zero-order chi connectivity index (χ0) is 22.9. The fourth-order valence-corrected chi connectivity index (χ4v) is 5.09. The van der Waals surface area contributed by atoms with E-state index in [1.165, 1.54) is 7.11 Å². The van der Waals surface area contributed by atoms with Crippen LogP contribution in [0.5, 0.6) is 5.88 Å². The number of piperidine rings is 1. The van der Waals surface area contributed by atoms with Crippen LogP contribution < -0.4 is 4.74 Å². The molecule has 0 N–H and O–H groups in total. The lowest BCUT2D eigenvalue weighted by atomic mass is 9.77. The number of halogens is 2. The summed E-state index contributed by atoms with van der Waals surface area (Å²) >= 11 is 12.0. The van der Waals surface area contributed by atoms with E-state index in [4.69, 9.17) is 27.9 Å². The summed E-state index contributed by atoms with van der Waals surface area (Å²) in [6, 6.07) is 10.7. The maximum atomic E-state index is 13.1. The molecule has 0 bridgehead atoms. The first kappa shape index (κ1) is 22.9. The van der Waals surface area contributed by atoms with Gasteiger partial charge in [-0.05, 0) is 55.4 Å². The van der Waals surface area contributed by atoms with Crippen LogP contribution >= 0.6 is 23.2 Å². The fraction of sp³-hybridized carbons (Fsp3) is 0.458. The van der Waals surface area contributed by atoms with Crippen molar-refractivity contribution in [2.75, 3.05) is 33.3 Å². The molecule has 1 spiro atoms. The van der Waals surface area contributed by atoms with Crippen molar-refractivity contribution < 1.29 is 14.3 Å². The Morgan fingerprint density at radius 3 is 2.28 bits per heavy atom. The number of methoxy groups -OCH3 is 1. The van der Waals surface area contributed by atoms with E-state index in [9.17, 15) is 9.59 Å². The molecule has 2 amide bonds. The topological polar surface area (TPSA) is 62.7 Å². The first-order valence-corrected chi connectivity index (χ1v) is 11.6. The molecule has 2 fully saturated rings. The molecule has 170 valence electrons. The molecule has 1 atom stereocenters. The minimum Gasteiger partial charge on any atom is -0.481 e. The number of likely N-dealkylation sites (tertiary alicyclic amines) is 2. The van der Waals surface area contributed by atoms with E-state index in [-0.39, 0.29) is 28.3 Å². The van der Waals surface area contributed by atoms with Crippen LogP contribution in [0.4, 0.5) is 0 Å². The number of amides is 2. The van der Waals surface area contributed by atoms with Crippen molar-refractivity contribution >= 4 is 35.0 Å². The molecule has 2 aliphatic rings. The third-order valence-electron chi connectivity index (χ3n) is 6.83. The minimum atomic E-state index is -0.199. The predicted molar refractivity (Wildman–Crippen MR) is 124 cm³/mol. The Morgan fingerprint density at radius 2 is 1.66 bits per heavy atom. The number of ether oxygens (including phenoxy) is 1. The summed E-state index contributed by atoms with van der Waals surface area (Å²) in [6.45, 7) is 4.79.